The molecule has 0 amide bonds. The van der Waals surface area contributed by atoms with Gasteiger partial charge in [0, 0.05) is 17.1 Å². The number of hydrogen-bond donors (Lipinski definition) is 1. The van der Waals surface area contributed by atoms with Crippen molar-refractivity contribution in [2.75, 3.05) is 5.32 Å². The molecule has 0 aromatic carbocycles. The fourth-order valence-corrected chi connectivity index (χ4v) is 6.17. The van der Waals surface area contributed by atoms with Gasteiger partial charge in [-0.05, 0) is 62.0 Å². The van der Waals surface area contributed by atoms with Gasteiger partial charge in [-0.2, -0.15) is 0 Å². The van der Waals surface area contributed by atoms with Crippen LogP contribution in [-0.4, -0.2) is 21.0 Å². The highest BCUT2D eigenvalue weighted by atomic mass is 32.1. The Hall–Kier alpha value is -1.75. The molecule has 5 heteroatoms. The number of aromatic nitrogens is 3. The Morgan fingerprint density at radius 2 is 1.82 bits per heavy atom. The number of anilines is 1. The zero-order valence-corrected chi connectivity index (χ0v) is 17.9. The molecule has 0 unspecified atom stereocenters. The molecule has 2 aliphatic rings. The monoisotopic (exact) mass is 394 g/mol. The third-order valence-electron chi connectivity index (χ3n) is 6.36. The fraction of sp³-hybridized carbons (Fsp3) is 0.609. The van der Waals surface area contributed by atoms with Gasteiger partial charge in [-0.25, -0.2) is 15.0 Å². The average molecular weight is 395 g/mol. The van der Waals surface area contributed by atoms with Gasteiger partial charge in [0.1, 0.15) is 17.0 Å². The third-order valence-corrected chi connectivity index (χ3v) is 7.43. The van der Waals surface area contributed by atoms with Crippen LogP contribution in [0.3, 0.4) is 0 Å². The first-order valence-corrected chi connectivity index (χ1v) is 11.9. The Balaban J connectivity index is 1.66. The number of aryl methyl sites for hydroxylation is 1. The van der Waals surface area contributed by atoms with Crippen LogP contribution in [0.1, 0.15) is 75.6 Å². The molecule has 1 saturated carbocycles. The molecule has 0 bridgehead atoms. The van der Waals surface area contributed by atoms with Gasteiger partial charge in [-0.1, -0.05) is 33.1 Å². The van der Waals surface area contributed by atoms with Crippen molar-refractivity contribution in [3.63, 3.8) is 0 Å². The predicted molar refractivity (Wildman–Crippen MR) is 118 cm³/mol. The van der Waals surface area contributed by atoms with E-state index in [4.69, 9.17) is 9.97 Å². The second-order valence-corrected chi connectivity index (χ2v) is 9.98. The van der Waals surface area contributed by atoms with Gasteiger partial charge in [0.05, 0.1) is 10.2 Å². The van der Waals surface area contributed by atoms with Crippen LogP contribution in [-0.2, 0) is 19.3 Å². The Morgan fingerprint density at radius 3 is 2.61 bits per heavy atom. The molecular weight excluding hydrogens is 364 g/mol. The lowest BCUT2D eigenvalue weighted by molar-refractivity contribution is 0.462. The Morgan fingerprint density at radius 1 is 1.04 bits per heavy atom. The van der Waals surface area contributed by atoms with Crippen LogP contribution in [0.4, 0.5) is 5.82 Å². The summed E-state index contributed by atoms with van der Waals surface area (Å²) < 4.78 is 1.20. The van der Waals surface area contributed by atoms with Gasteiger partial charge in [0.15, 0.2) is 0 Å². The SMILES string of the molecule is CC(C)Cc1nc2sc3c(NC4CCCCC4)ncnc3c2c2c1CCCC2. The number of nitrogens with zero attached hydrogens (tertiary/aromatic N) is 3. The maximum Gasteiger partial charge on any atom is 0.147 e. The second kappa shape index (κ2) is 7.58. The molecule has 3 heterocycles. The van der Waals surface area contributed by atoms with Gasteiger partial charge >= 0.3 is 0 Å². The number of fused-ring (bicyclic) bond motifs is 5. The maximum atomic E-state index is 5.18. The summed E-state index contributed by atoms with van der Waals surface area (Å²) in [5.74, 6) is 1.66. The summed E-state index contributed by atoms with van der Waals surface area (Å²) >= 11 is 1.79. The Labute approximate surface area is 171 Å². The van der Waals surface area contributed by atoms with E-state index in [-0.39, 0.29) is 0 Å². The molecule has 28 heavy (non-hydrogen) atoms. The highest BCUT2D eigenvalue weighted by molar-refractivity contribution is 7.26. The number of hydrogen-bond acceptors (Lipinski definition) is 5. The third kappa shape index (κ3) is 3.28. The molecule has 0 spiro atoms. The molecule has 3 aromatic rings. The zero-order valence-electron chi connectivity index (χ0n) is 17.1. The van der Waals surface area contributed by atoms with Crippen molar-refractivity contribution in [1.82, 2.24) is 15.0 Å². The molecule has 4 nitrogen and oxygen atoms in total. The topological polar surface area (TPSA) is 50.7 Å². The molecule has 5 rings (SSSR count). The first-order chi connectivity index (χ1) is 13.7. The van der Waals surface area contributed by atoms with E-state index in [0.717, 1.165) is 17.8 Å². The molecule has 148 valence electrons. The quantitative estimate of drug-likeness (QED) is 0.584. The lowest BCUT2D eigenvalue weighted by Gasteiger charge is -2.23. The van der Waals surface area contributed by atoms with Crippen molar-refractivity contribution in [2.45, 2.75) is 84.1 Å². The van der Waals surface area contributed by atoms with Gasteiger partial charge in [-0.3, -0.25) is 0 Å². The normalized spacial score (nSPS) is 18.1. The molecule has 0 aliphatic heterocycles. The van der Waals surface area contributed by atoms with Gasteiger partial charge < -0.3 is 5.32 Å². The van der Waals surface area contributed by atoms with Crippen molar-refractivity contribution in [2.24, 2.45) is 5.92 Å². The van der Waals surface area contributed by atoms with Crippen LogP contribution in [0, 0.1) is 5.92 Å². The van der Waals surface area contributed by atoms with E-state index < -0.39 is 0 Å². The highest BCUT2D eigenvalue weighted by Crippen LogP contribution is 2.41. The largest absolute Gasteiger partial charge is 0.366 e. The van der Waals surface area contributed by atoms with E-state index in [1.54, 1.807) is 17.7 Å². The summed E-state index contributed by atoms with van der Waals surface area (Å²) in [6.45, 7) is 4.59. The summed E-state index contributed by atoms with van der Waals surface area (Å²) in [7, 11) is 0. The van der Waals surface area contributed by atoms with Gasteiger partial charge in [-0.15, -0.1) is 11.3 Å². The number of rotatable bonds is 4. The summed E-state index contributed by atoms with van der Waals surface area (Å²) in [5.41, 5.74) is 5.50. The van der Waals surface area contributed by atoms with Crippen LogP contribution < -0.4 is 5.32 Å². The van der Waals surface area contributed by atoms with E-state index in [1.165, 1.54) is 89.5 Å². The summed E-state index contributed by atoms with van der Waals surface area (Å²) in [6.07, 6.45) is 14.3. The standard InChI is InChI=1S/C23H30N4S/c1-14(2)12-18-16-10-6-7-11-17(16)19-20-21(28-23(19)27-18)22(25-13-24-20)26-15-8-4-3-5-9-15/h13-15H,3-12H2,1-2H3,(H,24,25,26). The molecule has 1 fully saturated rings. The van der Waals surface area contributed by atoms with E-state index in [2.05, 4.69) is 24.1 Å². The number of nitrogens with one attached hydrogen (secondary N) is 1. The molecule has 0 atom stereocenters. The van der Waals surface area contributed by atoms with Gasteiger partial charge in [0.2, 0.25) is 0 Å². The van der Waals surface area contributed by atoms with Crippen molar-refractivity contribution in [3.8, 4) is 0 Å². The second-order valence-electron chi connectivity index (χ2n) is 8.98. The Bertz CT molecular complexity index is 1000. The Kier molecular flexibility index (Phi) is 4.95. The van der Waals surface area contributed by atoms with Crippen molar-refractivity contribution >= 4 is 37.6 Å². The fourth-order valence-electron chi connectivity index (χ4n) is 5.04. The molecular formula is C23H30N4S. The average Bonchev–Trinajstić information content (AvgIpc) is 3.08. The van der Waals surface area contributed by atoms with Crippen LogP contribution in [0.25, 0.3) is 20.4 Å². The van der Waals surface area contributed by atoms with E-state index in [0.29, 0.717) is 12.0 Å². The zero-order chi connectivity index (χ0) is 19.1. The van der Waals surface area contributed by atoms with Crippen molar-refractivity contribution < 1.29 is 0 Å². The van der Waals surface area contributed by atoms with Gasteiger partial charge in [0.25, 0.3) is 0 Å². The van der Waals surface area contributed by atoms with Crippen molar-refractivity contribution in [1.29, 1.82) is 0 Å². The first kappa shape index (κ1) is 18.3. The number of thiophene rings is 1. The summed E-state index contributed by atoms with van der Waals surface area (Å²) in [5, 5.41) is 5.06. The van der Waals surface area contributed by atoms with Crippen LogP contribution in [0.15, 0.2) is 6.33 Å². The number of pyridine rings is 1. The van der Waals surface area contributed by atoms with E-state index in [1.807, 2.05) is 0 Å². The van der Waals surface area contributed by atoms with E-state index in [9.17, 15) is 0 Å². The first-order valence-electron chi connectivity index (χ1n) is 11.0. The van der Waals surface area contributed by atoms with Crippen LogP contribution >= 0.6 is 11.3 Å². The highest BCUT2D eigenvalue weighted by Gasteiger charge is 2.24. The summed E-state index contributed by atoms with van der Waals surface area (Å²) in [4.78, 5) is 15.7. The lowest BCUT2D eigenvalue weighted by atomic mass is 9.87. The smallest absolute Gasteiger partial charge is 0.147 e. The van der Waals surface area contributed by atoms with Crippen molar-refractivity contribution in [3.05, 3.63) is 23.1 Å². The molecule has 1 N–H and O–H groups in total. The minimum absolute atomic E-state index is 0.551. The molecule has 0 saturated heterocycles. The lowest BCUT2D eigenvalue weighted by Crippen LogP contribution is -2.22. The molecule has 0 radical (unpaired) electrons. The summed E-state index contributed by atoms with van der Waals surface area (Å²) in [6, 6.07) is 0.551. The minimum Gasteiger partial charge on any atom is -0.366 e. The van der Waals surface area contributed by atoms with Crippen LogP contribution in [0.2, 0.25) is 0 Å². The maximum absolute atomic E-state index is 5.18. The van der Waals surface area contributed by atoms with Crippen LogP contribution in [0.5, 0.6) is 0 Å². The predicted octanol–water partition coefficient (Wildman–Crippen LogP) is 6.06. The minimum atomic E-state index is 0.551. The molecule has 3 aromatic heterocycles. The molecule has 2 aliphatic carbocycles. The van der Waals surface area contributed by atoms with E-state index >= 15 is 0 Å².